The second-order valence-electron chi connectivity index (χ2n) is 4.64. The van der Waals surface area contributed by atoms with E-state index in [4.69, 9.17) is 16.0 Å². The average molecular weight is 335 g/mol. The summed E-state index contributed by atoms with van der Waals surface area (Å²) in [4.78, 5) is 0. The highest BCUT2D eigenvalue weighted by Crippen LogP contribution is 2.34. The SMILES string of the molecule is CC(C)CNCc1coc2c(Br)cc(Cl)c(F)c12. The van der Waals surface area contributed by atoms with Crippen molar-refractivity contribution >= 4 is 38.5 Å². The molecule has 5 heteroatoms. The van der Waals surface area contributed by atoms with Crippen LogP contribution < -0.4 is 5.32 Å². The molecule has 0 saturated heterocycles. The molecule has 18 heavy (non-hydrogen) atoms. The van der Waals surface area contributed by atoms with Crippen LogP contribution in [0.15, 0.2) is 21.2 Å². The molecule has 0 spiro atoms. The molecule has 2 aromatic rings. The molecule has 0 radical (unpaired) electrons. The summed E-state index contributed by atoms with van der Waals surface area (Å²) in [6.07, 6.45) is 1.57. The number of fused-ring (bicyclic) bond motifs is 1. The third-order valence-corrected chi connectivity index (χ3v) is 3.50. The molecular formula is C13H14BrClFNO. The number of rotatable bonds is 4. The first kappa shape index (κ1) is 13.8. The van der Waals surface area contributed by atoms with Crippen LogP contribution in [0.2, 0.25) is 5.02 Å². The van der Waals surface area contributed by atoms with Crippen LogP contribution in [0.5, 0.6) is 0 Å². The van der Waals surface area contributed by atoms with E-state index in [1.165, 1.54) is 6.07 Å². The van der Waals surface area contributed by atoms with Crippen molar-refractivity contribution in [3.63, 3.8) is 0 Å². The predicted octanol–water partition coefficient (Wildman–Crippen LogP) is 4.73. The van der Waals surface area contributed by atoms with Crippen LogP contribution in [0, 0.1) is 11.7 Å². The molecule has 0 saturated carbocycles. The fourth-order valence-corrected chi connectivity index (χ4v) is 2.65. The molecule has 0 bridgehead atoms. The molecule has 2 rings (SSSR count). The van der Waals surface area contributed by atoms with E-state index in [1.807, 2.05) is 0 Å². The fourth-order valence-electron chi connectivity index (χ4n) is 1.80. The molecule has 0 fully saturated rings. The van der Waals surface area contributed by atoms with Crippen molar-refractivity contribution in [1.82, 2.24) is 5.32 Å². The van der Waals surface area contributed by atoms with E-state index >= 15 is 0 Å². The van der Waals surface area contributed by atoms with Gasteiger partial charge in [0.05, 0.1) is 21.1 Å². The van der Waals surface area contributed by atoms with Crippen LogP contribution in [0.25, 0.3) is 11.0 Å². The van der Waals surface area contributed by atoms with E-state index in [9.17, 15) is 4.39 Å². The molecule has 0 atom stereocenters. The molecule has 0 unspecified atom stereocenters. The Morgan fingerprint density at radius 3 is 2.89 bits per heavy atom. The standard InChI is InChI=1S/C13H14BrClFNO/c1-7(2)4-17-5-8-6-18-13-9(14)3-10(15)12(16)11(8)13/h3,6-7,17H,4-5H2,1-2H3. The van der Waals surface area contributed by atoms with Gasteiger partial charge < -0.3 is 9.73 Å². The number of furan rings is 1. The van der Waals surface area contributed by atoms with Gasteiger partial charge in [-0.1, -0.05) is 25.4 Å². The van der Waals surface area contributed by atoms with Gasteiger partial charge in [-0.2, -0.15) is 0 Å². The highest BCUT2D eigenvalue weighted by Gasteiger charge is 2.16. The minimum Gasteiger partial charge on any atom is -0.463 e. The molecule has 0 amide bonds. The topological polar surface area (TPSA) is 25.2 Å². The first-order chi connectivity index (χ1) is 8.50. The second kappa shape index (κ2) is 5.59. The summed E-state index contributed by atoms with van der Waals surface area (Å²) < 4.78 is 20.1. The van der Waals surface area contributed by atoms with E-state index in [2.05, 4.69) is 35.1 Å². The first-order valence-corrected chi connectivity index (χ1v) is 6.92. The Hall–Kier alpha value is -0.580. The van der Waals surface area contributed by atoms with Gasteiger partial charge in [-0.15, -0.1) is 0 Å². The summed E-state index contributed by atoms with van der Waals surface area (Å²) in [5, 5.41) is 3.81. The largest absolute Gasteiger partial charge is 0.463 e. The van der Waals surface area contributed by atoms with Crippen molar-refractivity contribution < 1.29 is 8.81 Å². The Bertz CT molecular complexity index is 568. The van der Waals surface area contributed by atoms with Crippen molar-refractivity contribution in [2.45, 2.75) is 20.4 Å². The minimum atomic E-state index is -0.426. The van der Waals surface area contributed by atoms with Crippen molar-refractivity contribution in [3.05, 3.63) is 33.2 Å². The third-order valence-electron chi connectivity index (χ3n) is 2.63. The number of benzene rings is 1. The molecule has 0 aliphatic heterocycles. The summed E-state index contributed by atoms with van der Waals surface area (Å²) in [6.45, 7) is 5.67. The van der Waals surface area contributed by atoms with Gasteiger partial charge in [0.25, 0.3) is 0 Å². The Kier molecular flexibility index (Phi) is 4.30. The highest BCUT2D eigenvalue weighted by molar-refractivity contribution is 9.10. The van der Waals surface area contributed by atoms with Crippen LogP contribution >= 0.6 is 27.5 Å². The Morgan fingerprint density at radius 1 is 1.50 bits per heavy atom. The number of hydrogen-bond donors (Lipinski definition) is 1. The molecule has 1 N–H and O–H groups in total. The predicted molar refractivity (Wildman–Crippen MR) is 75.4 cm³/mol. The van der Waals surface area contributed by atoms with Gasteiger partial charge in [-0.25, -0.2) is 4.39 Å². The summed E-state index contributed by atoms with van der Waals surface area (Å²) in [5.74, 6) is 0.119. The molecule has 0 aliphatic rings. The van der Waals surface area contributed by atoms with Gasteiger partial charge in [-0.05, 0) is 34.5 Å². The van der Waals surface area contributed by atoms with Crippen LogP contribution in [0.1, 0.15) is 19.4 Å². The molecule has 98 valence electrons. The normalized spacial score (nSPS) is 11.7. The lowest BCUT2D eigenvalue weighted by molar-refractivity contribution is 0.546. The molecule has 1 aromatic heterocycles. The van der Waals surface area contributed by atoms with Crippen LogP contribution in [-0.2, 0) is 6.54 Å². The van der Waals surface area contributed by atoms with E-state index in [0.29, 0.717) is 27.9 Å². The molecule has 1 heterocycles. The lowest BCUT2D eigenvalue weighted by Crippen LogP contribution is -2.18. The zero-order chi connectivity index (χ0) is 13.3. The van der Waals surface area contributed by atoms with Gasteiger partial charge in [0.15, 0.2) is 11.4 Å². The quantitative estimate of drug-likeness (QED) is 0.817. The second-order valence-corrected chi connectivity index (χ2v) is 5.91. The number of nitrogens with one attached hydrogen (secondary N) is 1. The third kappa shape index (κ3) is 2.71. The zero-order valence-electron chi connectivity index (χ0n) is 10.2. The van der Waals surface area contributed by atoms with Gasteiger partial charge >= 0.3 is 0 Å². The van der Waals surface area contributed by atoms with E-state index < -0.39 is 5.82 Å². The lowest BCUT2D eigenvalue weighted by atomic mass is 10.1. The fraction of sp³-hybridized carbons (Fsp3) is 0.385. The summed E-state index contributed by atoms with van der Waals surface area (Å²) in [7, 11) is 0. The molecule has 0 aliphatic carbocycles. The monoisotopic (exact) mass is 333 g/mol. The minimum absolute atomic E-state index is 0.0980. The van der Waals surface area contributed by atoms with E-state index in [1.54, 1.807) is 6.26 Å². The molecule has 2 nitrogen and oxygen atoms in total. The maximum absolute atomic E-state index is 14.0. The van der Waals surface area contributed by atoms with Gasteiger partial charge in [0.2, 0.25) is 0 Å². The lowest BCUT2D eigenvalue weighted by Gasteiger charge is -2.06. The Labute approximate surface area is 119 Å². The number of hydrogen-bond acceptors (Lipinski definition) is 2. The summed E-state index contributed by atoms with van der Waals surface area (Å²) in [6, 6.07) is 1.51. The van der Waals surface area contributed by atoms with Gasteiger partial charge in [-0.3, -0.25) is 0 Å². The molecule has 1 aromatic carbocycles. The zero-order valence-corrected chi connectivity index (χ0v) is 12.5. The van der Waals surface area contributed by atoms with Crippen LogP contribution in [0.3, 0.4) is 0 Å². The van der Waals surface area contributed by atoms with E-state index in [0.717, 1.165) is 12.1 Å². The van der Waals surface area contributed by atoms with Crippen LogP contribution in [-0.4, -0.2) is 6.54 Å². The first-order valence-electron chi connectivity index (χ1n) is 5.75. The number of halogens is 3. The van der Waals surface area contributed by atoms with Crippen molar-refractivity contribution in [3.8, 4) is 0 Å². The Morgan fingerprint density at radius 2 is 2.22 bits per heavy atom. The van der Waals surface area contributed by atoms with Crippen molar-refractivity contribution in [1.29, 1.82) is 0 Å². The molecular weight excluding hydrogens is 321 g/mol. The smallest absolute Gasteiger partial charge is 0.153 e. The highest BCUT2D eigenvalue weighted by atomic mass is 79.9. The maximum Gasteiger partial charge on any atom is 0.153 e. The van der Waals surface area contributed by atoms with Crippen LogP contribution in [0.4, 0.5) is 4.39 Å². The van der Waals surface area contributed by atoms with E-state index in [-0.39, 0.29) is 5.02 Å². The van der Waals surface area contributed by atoms with Gasteiger partial charge in [0, 0.05) is 12.1 Å². The van der Waals surface area contributed by atoms with Gasteiger partial charge in [0.1, 0.15) is 0 Å². The summed E-state index contributed by atoms with van der Waals surface area (Å²) >= 11 is 9.16. The maximum atomic E-state index is 14.0. The summed E-state index contributed by atoms with van der Waals surface area (Å²) in [5.41, 5.74) is 1.28. The average Bonchev–Trinajstić information content (AvgIpc) is 2.70. The van der Waals surface area contributed by atoms with Crippen molar-refractivity contribution in [2.24, 2.45) is 5.92 Å². The Balaban J connectivity index is 2.34. The van der Waals surface area contributed by atoms with Crippen molar-refractivity contribution in [2.75, 3.05) is 6.54 Å².